The van der Waals surface area contributed by atoms with Gasteiger partial charge in [0, 0.05) is 5.39 Å². The van der Waals surface area contributed by atoms with Gasteiger partial charge in [-0.1, -0.05) is 18.2 Å². The Balaban J connectivity index is 1.77. The number of hydrogen-bond donors (Lipinski definition) is 1. The summed E-state index contributed by atoms with van der Waals surface area (Å²) >= 11 is 0. The largest absolute Gasteiger partial charge is 0.494 e. The molecule has 0 amide bonds. The molecular weight excluding hydrogens is 336 g/mol. The second-order valence-corrected chi connectivity index (χ2v) is 5.48. The van der Waals surface area contributed by atoms with Gasteiger partial charge in [0.25, 0.3) is 5.56 Å². The summed E-state index contributed by atoms with van der Waals surface area (Å²) < 4.78 is 12.1. The van der Waals surface area contributed by atoms with Gasteiger partial charge >= 0.3 is 5.97 Å². The van der Waals surface area contributed by atoms with Crippen molar-refractivity contribution < 1.29 is 19.4 Å². The molecule has 3 aromatic rings. The van der Waals surface area contributed by atoms with Crippen LogP contribution in [-0.4, -0.2) is 34.1 Å². The normalized spacial score (nSPS) is 10.7. The number of benzene rings is 2. The molecule has 1 heterocycles. The smallest absolute Gasteiger partial charge is 0.357 e. The molecule has 0 saturated carbocycles. The molecule has 26 heavy (non-hydrogen) atoms. The van der Waals surface area contributed by atoms with Crippen LogP contribution in [-0.2, 0) is 6.54 Å². The number of aromatic nitrogens is 2. The molecule has 0 saturated heterocycles. The van der Waals surface area contributed by atoms with Gasteiger partial charge in [-0.2, -0.15) is 5.10 Å². The Morgan fingerprint density at radius 3 is 2.27 bits per heavy atom. The minimum atomic E-state index is -1.18. The van der Waals surface area contributed by atoms with Gasteiger partial charge in [-0.25, -0.2) is 9.48 Å². The van der Waals surface area contributed by atoms with Gasteiger partial charge in [-0.05, 0) is 37.3 Å². The number of nitrogens with zero attached hydrogens (tertiary/aromatic N) is 2. The fraction of sp³-hybridized carbons (Fsp3) is 0.211. The molecule has 0 radical (unpaired) electrons. The maximum atomic E-state index is 12.5. The molecule has 7 heteroatoms. The van der Waals surface area contributed by atoms with Crippen molar-refractivity contribution in [2.45, 2.75) is 13.5 Å². The lowest BCUT2D eigenvalue weighted by Gasteiger charge is -2.10. The van der Waals surface area contributed by atoms with Crippen LogP contribution < -0.4 is 15.0 Å². The van der Waals surface area contributed by atoms with Crippen molar-refractivity contribution >= 4 is 16.7 Å². The van der Waals surface area contributed by atoms with Crippen molar-refractivity contribution in [2.75, 3.05) is 13.2 Å². The first-order chi connectivity index (χ1) is 12.6. The number of carbonyl (C=O) groups is 1. The fourth-order valence-electron chi connectivity index (χ4n) is 2.59. The van der Waals surface area contributed by atoms with Crippen LogP contribution in [0.2, 0.25) is 0 Å². The maximum absolute atomic E-state index is 12.5. The van der Waals surface area contributed by atoms with Crippen LogP contribution >= 0.6 is 0 Å². The Hall–Kier alpha value is -3.35. The number of hydrogen-bond acceptors (Lipinski definition) is 5. The summed E-state index contributed by atoms with van der Waals surface area (Å²) in [4.78, 5) is 23.9. The summed E-state index contributed by atoms with van der Waals surface area (Å²) in [5.74, 6) is 0.196. The van der Waals surface area contributed by atoms with E-state index in [1.54, 1.807) is 48.5 Å². The van der Waals surface area contributed by atoms with E-state index in [2.05, 4.69) is 5.10 Å². The molecule has 0 unspecified atom stereocenters. The summed E-state index contributed by atoms with van der Waals surface area (Å²) in [6.07, 6.45) is 0. The first-order valence-electron chi connectivity index (χ1n) is 8.19. The van der Waals surface area contributed by atoms with Crippen LogP contribution in [0.25, 0.3) is 10.8 Å². The van der Waals surface area contributed by atoms with Crippen molar-refractivity contribution in [1.82, 2.24) is 9.78 Å². The van der Waals surface area contributed by atoms with Crippen LogP contribution in [0.1, 0.15) is 17.4 Å². The summed E-state index contributed by atoms with van der Waals surface area (Å²) in [7, 11) is 0. The lowest BCUT2D eigenvalue weighted by atomic mass is 10.1. The maximum Gasteiger partial charge on any atom is 0.357 e. The zero-order chi connectivity index (χ0) is 18.5. The number of carboxylic acid groups (broad SMARTS) is 1. The van der Waals surface area contributed by atoms with E-state index in [1.165, 1.54) is 0 Å². The molecule has 0 bridgehead atoms. The Morgan fingerprint density at radius 2 is 1.65 bits per heavy atom. The lowest BCUT2D eigenvalue weighted by Crippen LogP contribution is -2.28. The van der Waals surface area contributed by atoms with Gasteiger partial charge in [0.1, 0.15) is 18.1 Å². The van der Waals surface area contributed by atoms with Crippen LogP contribution in [0.3, 0.4) is 0 Å². The molecule has 0 aliphatic rings. The van der Waals surface area contributed by atoms with Crippen LogP contribution in [0.5, 0.6) is 11.5 Å². The number of aromatic carboxylic acids is 1. The SMILES string of the molecule is CCOc1ccc(OCCn2nc(C(=O)O)c3ccccc3c2=O)cc1. The minimum Gasteiger partial charge on any atom is -0.494 e. The van der Waals surface area contributed by atoms with Gasteiger partial charge in [0.05, 0.1) is 18.5 Å². The number of ether oxygens (including phenoxy) is 2. The zero-order valence-electron chi connectivity index (χ0n) is 14.2. The highest BCUT2D eigenvalue weighted by Crippen LogP contribution is 2.17. The Kier molecular flexibility index (Phi) is 5.17. The van der Waals surface area contributed by atoms with E-state index in [-0.39, 0.29) is 24.4 Å². The molecule has 0 spiro atoms. The van der Waals surface area contributed by atoms with Crippen LogP contribution in [0, 0.1) is 0 Å². The van der Waals surface area contributed by atoms with Crippen molar-refractivity contribution in [2.24, 2.45) is 0 Å². The number of carboxylic acids is 1. The van der Waals surface area contributed by atoms with Gasteiger partial charge in [-0.3, -0.25) is 4.79 Å². The van der Waals surface area contributed by atoms with E-state index in [9.17, 15) is 14.7 Å². The first-order valence-corrected chi connectivity index (χ1v) is 8.19. The summed E-state index contributed by atoms with van der Waals surface area (Å²) in [5, 5.41) is 14.0. The lowest BCUT2D eigenvalue weighted by molar-refractivity contribution is 0.0689. The van der Waals surface area contributed by atoms with E-state index in [4.69, 9.17) is 9.47 Å². The van der Waals surface area contributed by atoms with E-state index in [1.807, 2.05) is 6.92 Å². The topological polar surface area (TPSA) is 90.7 Å². The Morgan fingerprint density at radius 1 is 1.04 bits per heavy atom. The van der Waals surface area contributed by atoms with Crippen molar-refractivity contribution in [1.29, 1.82) is 0 Å². The zero-order valence-corrected chi connectivity index (χ0v) is 14.2. The molecule has 1 N–H and O–H groups in total. The highest BCUT2D eigenvalue weighted by molar-refractivity contribution is 6.01. The molecule has 7 nitrogen and oxygen atoms in total. The van der Waals surface area contributed by atoms with Crippen LogP contribution in [0.4, 0.5) is 0 Å². The molecule has 0 atom stereocenters. The second kappa shape index (κ2) is 7.69. The predicted molar refractivity (Wildman–Crippen MR) is 96.1 cm³/mol. The molecule has 0 aliphatic heterocycles. The standard InChI is InChI=1S/C19H18N2O5/c1-2-25-13-7-9-14(10-8-13)26-12-11-21-18(22)16-6-4-3-5-15(16)17(20-21)19(23)24/h3-10H,2,11-12H2,1H3,(H,23,24). The third kappa shape index (κ3) is 3.66. The van der Waals surface area contributed by atoms with Gasteiger partial charge in [0.15, 0.2) is 5.69 Å². The van der Waals surface area contributed by atoms with Crippen molar-refractivity contribution in [3.8, 4) is 11.5 Å². The molecule has 3 rings (SSSR count). The molecule has 1 aromatic heterocycles. The van der Waals surface area contributed by atoms with Gasteiger partial charge in [0.2, 0.25) is 0 Å². The highest BCUT2D eigenvalue weighted by Gasteiger charge is 2.15. The quantitative estimate of drug-likeness (QED) is 0.701. The fourth-order valence-corrected chi connectivity index (χ4v) is 2.59. The Bertz CT molecular complexity index is 979. The number of fused-ring (bicyclic) bond motifs is 1. The van der Waals surface area contributed by atoms with E-state index in [0.717, 1.165) is 10.4 Å². The predicted octanol–water partition coefficient (Wildman–Crippen LogP) is 2.57. The molecule has 0 fully saturated rings. The van der Waals surface area contributed by atoms with Gasteiger partial charge in [-0.15, -0.1) is 0 Å². The monoisotopic (exact) mass is 354 g/mol. The van der Waals surface area contributed by atoms with Crippen molar-refractivity contribution in [3.63, 3.8) is 0 Å². The summed E-state index contributed by atoms with van der Waals surface area (Å²) in [6, 6.07) is 13.7. The summed E-state index contributed by atoms with van der Waals surface area (Å²) in [5.41, 5.74) is -0.498. The third-order valence-electron chi connectivity index (χ3n) is 3.78. The molecule has 134 valence electrons. The third-order valence-corrected chi connectivity index (χ3v) is 3.78. The van der Waals surface area contributed by atoms with Gasteiger partial charge < -0.3 is 14.6 Å². The van der Waals surface area contributed by atoms with Crippen molar-refractivity contribution in [3.05, 3.63) is 64.6 Å². The summed E-state index contributed by atoms with van der Waals surface area (Å²) in [6.45, 7) is 2.81. The average molecular weight is 354 g/mol. The van der Waals surface area contributed by atoms with E-state index < -0.39 is 5.97 Å². The second-order valence-electron chi connectivity index (χ2n) is 5.48. The molecule has 2 aromatic carbocycles. The first kappa shape index (κ1) is 17.5. The number of rotatable bonds is 7. The highest BCUT2D eigenvalue weighted by atomic mass is 16.5. The molecule has 0 aliphatic carbocycles. The molecular formula is C19H18N2O5. The van der Waals surface area contributed by atoms with E-state index in [0.29, 0.717) is 23.1 Å². The minimum absolute atomic E-state index is 0.136. The van der Waals surface area contributed by atoms with E-state index >= 15 is 0 Å². The van der Waals surface area contributed by atoms with Crippen LogP contribution in [0.15, 0.2) is 53.3 Å². The Labute approximate surface area is 149 Å². The average Bonchev–Trinajstić information content (AvgIpc) is 2.65.